The lowest BCUT2D eigenvalue weighted by Gasteiger charge is -2.21. The number of fused-ring (bicyclic) bond motifs is 1. The maximum absolute atomic E-state index is 10.9. The van der Waals surface area contributed by atoms with Gasteiger partial charge in [-0.2, -0.15) is 0 Å². The molecule has 2 aromatic heterocycles. The van der Waals surface area contributed by atoms with E-state index >= 15 is 0 Å². The molecule has 1 atom stereocenters. The SMILES string of the molecule is CC(=CC(=O)O)Cc1ccc2c(ccn2C(c2ccccc2)c2ccncc2)c1. The lowest BCUT2D eigenvalue weighted by molar-refractivity contribution is -0.131. The van der Waals surface area contributed by atoms with Gasteiger partial charge in [0.1, 0.15) is 0 Å². The maximum Gasteiger partial charge on any atom is 0.328 e. The summed E-state index contributed by atoms with van der Waals surface area (Å²) in [6, 6.07) is 23.0. The summed E-state index contributed by atoms with van der Waals surface area (Å²) in [7, 11) is 0. The summed E-state index contributed by atoms with van der Waals surface area (Å²) in [6.45, 7) is 1.85. The van der Waals surface area contributed by atoms with E-state index in [1.54, 1.807) is 0 Å². The van der Waals surface area contributed by atoms with Crippen LogP contribution in [0.2, 0.25) is 0 Å². The zero-order chi connectivity index (χ0) is 20.2. The smallest absolute Gasteiger partial charge is 0.328 e. The Kier molecular flexibility index (Phi) is 5.25. The minimum Gasteiger partial charge on any atom is -0.478 e. The molecule has 1 N–H and O–H groups in total. The van der Waals surface area contributed by atoms with Crippen LogP contribution in [0.25, 0.3) is 10.9 Å². The molecular weight excluding hydrogens is 360 g/mol. The van der Waals surface area contributed by atoms with Crippen molar-refractivity contribution < 1.29 is 9.90 Å². The number of benzene rings is 2. The van der Waals surface area contributed by atoms with Gasteiger partial charge in [-0.3, -0.25) is 4.98 Å². The molecule has 4 heteroatoms. The Bertz CT molecular complexity index is 1120. The number of hydrogen-bond donors (Lipinski definition) is 1. The number of aliphatic carboxylic acids is 1. The molecule has 4 aromatic rings. The molecule has 0 amide bonds. The van der Waals surface area contributed by atoms with E-state index in [9.17, 15) is 4.79 Å². The number of hydrogen-bond acceptors (Lipinski definition) is 2. The molecule has 0 saturated carbocycles. The molecule has 2 aromatic carbocycles. The predicted octanol–water partition coefficient (Wildman–Crippen LogP) is 5.25. The number of carboxylic acids is 1. The molecule has 2 heterocycles. The van der Waals surface area contributed by atoms with Crippen molar-refractivity contribution in [2.75, 3.05) is 0 Å². The first-order valence-electron chi connectivity index (χ1n) is 9.56. The van der Waals surface area contributed by atoms with Crippen molar-refractivity contribution in [1.29, 1.82) is 0 Å². The lowest BCUT2D eigenvalue weighted by atomic mass is 9.99. The van der Waals surface area contributed by atoms with E-state index in [1.165, 1.54) is 17.2 Å². The first kappa shape index (κ1) is 18.7. The first-order chi connectivity index (χ1) is 14.1. The van der Waals surface area contributed by atoms with Crippen LogP contribution in [-0.4, -0.2) is 20.6 Å². The highest BCUT2D eigenvalue weighted by atomic mass is 16.4. The Morgan fingerprint density at radius 3 is 2.48 bits per heavy atom. The number of rotatable bonds is 6. The van der Waals surface area contributed by atoms with E-state index in [0.717, 1.165) is 22.0 Å². The summed E-state index contributed by atoms with van der Waals surface area (Å²) in [5.74, 6) is -0.905. The van der Waals surface area contributed by atoms with Crippen LogP contribution in [0.4, 0.5) is 0 Å². The number of carboxylic acid groups (broad SMARTS) is 1. The van der Waals surface area contributed by atoms with Gasteiger partial charge in [0.05, 0.1) is 6.04 Å². The molecule has 4 nitrogen and oxygen atoms in total. The van der Waals surface area contributed by atoms with Gasteiger partial charge in [-0.25, -0.2) is 4.79 Å². The third-order valence-electron chi connectivity index (χ3n) is 5.05. The van der Waals surface area contributed by atoms with E-state index in [2.05, 4.69) is 76.4 Å². The zero-order valence-electron chi connectivity index (χ0n) is 16.2. The van der Waals surface area contributed by atoms with Crippen LogP contribution in [-0.2, 0) is 11.2 Å². The van der Waals surface area contributed by atoms with Gasteiger partial charge >= 0.3 is 5.97 Å². The molecule has 0 aliphatic rings. The molecule has 0 aliphatic carbocycles. The van der Waals surface area contributed by atoms with Crippen LogP contribution in [0, 0.1) is 0 Å². The largest absolute Gasteiger partial charge is 0.478 e. The summed E-state index contributed by atoms with van der Waals surface area (Å²) in [4.78, 5) is 15.0. The Hall–Kier alpha value is -3.66. The van der Waals surface area contributed by atoms with Gasteiger partial charge in [-0.05, 0) is 65.8 Å². The van der Waals surface area contributed by atoms with Gasteiger partial charge in [0, 0.05) is 30.2 Å². The Labute approximate surface area is 169 Å². The van der Waals surface area contributed by atoms with Crippen LogP contribution in [0.1, 0.15) is 29.7 Å². The Morgan fingerprint density at radius 2 is 1.76 bits per heavy atom. The average molecular weight is 382 g/mol. The van der Waals surface area contributed by atoms with E-state index < -0.39 is 5.97 Å². The minimum atomic E-state index is -0.905. The predicted molar refractivity (Wildman–Crippen MR) is 115 cm³/mol. The summed E-state index contributed by atoms with van der Waals surface area (Å²) >= 11 is 0. The fourth-order valence-electron chi connectivity index (χ4n) is 3.83. The quantitative estimate of drug-likeness (QED) is 0.464. The van der Waals surface area contributed by atoms with Crippen molar-refractivity contribution in [2.24, 2.45) is 0 Å². The molecule has 1 unspecified atom stereocenters. The number of pyridine rings is 1. The first-order valence-corrected chi connectivity index (χ1v) is 9.56. The van der Waals surface area contributed by atoms with Crippen molar-refractivity contribution in [2.45, 2.75) is 19.4 Å². The monoisotopic (exact) mass is 382 g/mol. The third kappa shape index (κ3) is 4.11. The number of allylic oxidation sites excluding steroid dienone is 1. The Balaban J connectivity index is 1.76. The lowest BCUT2D eigenvalue weighted by Crippen LogP contribution is -2.11. The van der Waals surface area contributed by atoms with Crippen LogP contribution < -0.4 is 0 Å². The highest BCUT2D eigenvalue weighted by molar-refractivity contribution is 5.82. The average Bonchev–Trinajstić information content (AvgIpc) is 3.12. The zero-order valence-corrected chi connectivity index (χ0v) is 16.2. The van der Waals surface area contributed by atoms with Crippen LogP contribution in [0.5, 0.6) is 0 Å². The van der Waals surface area contributed by atoms with E-state index in [0.29, 0.717) is 6.42 Å². The van der Waals surface area contributed by atoms with E-state index in [-0.39, 0.29) is 6.04 Å². The van der Waals surface area contributed by atoms with Crippen LogP contribution >= 0.6 is 0 Å². The topological polar surface area (TPSA) is 55.1 Å². The van der Waals surface area contributed by atoms with Crippen LogP contribution in [0.3, 0.4) is 0 Å². The second-order valence-electron chi connectivity index (χ2n) is 7.22. The molecule has 0 aliphatic heterocycles. The molecule has 0 spiro atoms. The van der Waals surface area contributed by atoms with Gasteiger partial charge < -0.3 is 9.67 Å². The van der Waals surface area contributed by atoms with E-state index in [1.807, 2.05) is 25.4 Å². The third-order valence-corrected chi connectivity index (χ3v) is 5.05. The standard InChI is InChI=1S/C25H22N2O2/c1-18(16-24(28)29)15-19-7-8-23-22(17-19)11-14-27(23)25(20-5-3-2-4-6-20)21-9-12-26-13-10-21/h2-14,16-17,25H,15H2,1H3,(H,28,29). The molecule has 0 bridgehead atoms. The highest BCUT2D eigenvalue weighted by Gasteiger charge is 2.18. The number of nitrogens with zero attached hydrogens (tertiary/aromatic N) is 2. The van der Waals surface area contributed by atoms with Crippen molar-refractivity contribution in [1.82, 2.24) is 9.55 Å². The maximum atomic E-state index is 10.9. The van der Waals surface area contributed by atoms with Crippen molar-refractivity contribution in [3.05, 3.63) is 114 Å². The normalized spacial score (nSPS) is 12.8. The molecular formula is C25H22N2O2. The molecule has 0 fully saturated rings. The molecule has 0 saturated heterocycles. The summed E-state index contributed by atoms with van der Waals surface area (Å²) < 4.78 is 2.28. The Morgan fingerprint density at radius 1 is 1.03 bits per heavy atom. The second kappa shape index (κ2) is 8.15. The fraction of sp³-hybridized carbons (Fsp3) is 0.120. The van der Waals surface area contributed by atoms with Crippen molar-refractivity contribution in [3.63, 3.8) is 0 Å². The van der Waals surface area contributed by atoms with Crippen molar-refractivity contribution in [3.8, 4) is 0 Å². The second-order valence-corrected chi connectivity index (χ2v) is 7.22. The number of aromatic nitrogens is 2. The van der Waals surface area contributed by atoms with Crippen molar-refractivity contribution >= 4 is 16.9 Å². The van der Waals surface area contributed by atoms with Gasteiger partial charge in [0.2, 0.25) is 0 Å². The fourth-order valence-corrected chi connectivity index (χ4v) is 3.83. The van der Waals surface area contributed by atoms with Gasteiger partial charge in [0.25, 0.3) is 0 Å². The van der Waals surface area contributed by atoms with Gasteiger partial charge in [-0.1, -0.05) is 42.0 Å². The molecule has 29 heavy (non-hydrogen) atoms. The van der Waals surface area contributed by atoms with E-state index in [4.69, 9.17) is 5.11 Å². The summed E-state index contributed by atoms with van der Waals surface area (Å²) in [6.07, 6.45) is 7.66. The van der Waals surface area contributed by atoms with Gasteiger partial charge in [0.15, 0.2) is 0 Å². The molecule has 144 valence electrons. The highest BCUT2D eigenvalue weighted by Crippen LogP contribution is 2.31. The molecule has 4 rings (SSSR count). The van der Waals surface area contributed by atoms with Crippen LogP contribution in [0.15, 0.2) is 97.0 Å². The summed E-state index contributed by atoms with van der Waals surface area (Å²) in [5, 5.41) is 10.1. The molecule has 0 radical (unpaired) electrons. The minimum absolute atomic E-state index is 0.0520. The summed E-state index contributed by atoms with van der Waals surface area (Å²) in [5.41, 5.74) is 5.45. The number of carbonyl (C=O) groups is 1. The van der Waals surface area contributed by atoms with Gasteiger partial charge in [-0.15, -0.1) is 0 Å².